The van der Waals surface area contributed by atoms with Crippen LogP contribution < -0.4 is 0 Å². The fourth-order valence-corrected chi connectivity index (χ4v) is 2.21. The highest BCUT2D eigenvalue weighted by Crippen LogP contribution is 2.47. The summed E-state index contributed by atoms with van der Waals surface area (Å²) in [6, 6.07) is 0. The van der Waals surface area contributed by atoms with Crippen LogP contribution >= 0.6 is 11.6 Å². The fourth-order valence-electron chi connectivity index (χ4n) is 2.08. The van der Waals surface area contributed by atoms with E-state index in [4.69, 9.17) is 16.0 Å². The van der Waals surface area contributed by atoms with Gasteiger partial charge in [-0.3, -0.25) is 0 Å². The van der Waals surface area contributed by atoms with E-state index in [1.165, 1.54) is 24.6 Å². The zero-order valence-corrected chi connectivity index (χ0v) is 10.1. The zero-order chi connectivity index (χ0) is 11.3. The molecule has 2 aromatic heterocycles. The van der Waals surface area contributed by atoms with Crippen LogP contribution in [0.3, 0.4) is 0 Å². The SMILES string of the molecule is CC(C)c1oc2ncc(Cl)nc2c1C1CC1. The van der Waals surface area contributed by atoms with Crippen molar-refractivity contribution in [2.45, 2.75) is 38.5 Å². The lowest BCUT2D eigenvalue weighted by atomic mass is 10.0. The molecule has 1 saturated carbocycles. The lowest BCUT2D eigenvalue weighted by molar-refractivity contribution is 0.507. The number of fused-ring (bicyclic) bond motifs is 1. The first kappa shape index (κ1) is 10.1. The van der Waals surface area contributed by atoms with Gasteiger partial charge < -0.3 is 4.42 Å². The monoisotopic (exact) mass is 236 g/mol. The van der Waals surface area contributed by atoms with Crippen molar-refractivity contribution >= 4 is 22.8 Å². The highest BCUT2D eigenvalue weighted by atomic mass is 35.5. The molecule has 3 rings (SSSR count). The van der Waals surface area contributed by atoms with Gasteiger partial charge in [0.1, 0.15) is 16.4 Å². The second kappa shape index (κ2) is 3.45. The van der Waals surface area contributed by atoms with Gasteiger partial charge in [-0.15, -0.1) is 0 Å². The number of aromatic nitrogens is 2. The Hall–Kier alpha value is -1.09. The van der Waals surface area contributed by atoms with Crippen LogP contribution in [0.4, 0.5) is 0 Å². The maximum Gasteiger partial charge on any atom is 0.245 e. The summed E-state index contributed by atoms with van der Waals surface area (Å²) in [6.07, 6.45) is 3.99. The topological polar surface area (TPSA) is 38.9 Å². The van der Waals surface area contributed by atoms with E-state index in [2.05, 4.69) is 23.8 Å². The number of nitrogens with zero attached hydrogens (tertiary/aromatic N) is 2. The first-order chi connectivity index (χ1) is 7.66. The van der Waals surface area contributed by atoms with Crippen molar-refractivity contribution in [1.82, 2.24) is 9.97 Å². The highest BCUT2D eigenvalue weighted by molar-refractivity contribution is 6.29. The van der Waals surface area contributed by atoms with E-state index in [1.54, 1.807) is 0 Å². The standard InChI is InChI=1S/C12H13ClN2O/c1-6(2)11-9(7-3-4-7)10-12(16-11)14-5-8(13)15-10/h5-7H,3-4H2,1-2H3. The van der Waals surface area contributed by atoms with Crippen LogP contribution in [0.25, 0.3) is 11.2 Å². The van der Waals surface area contributed by atoms with Gasteiger partial charge in [0, 0.05) is 11.5 Å². The Labute approximate surface area is 98.8 Å². The van der Waals surface area contributed by atoms with Crippen LogP contribution in [-0.2, 0) is 0 Å². The predicted molar refractivity (Wildman–Crippen MR) is 62.9 cm³/mol. The summed E-state index contributed by atoms with van der Waals surface area (Å²) in [6.45, 7) is 4.26. The molecule has 0 amide bonds. The van der Waals surface area contributed by atoms with E-state index in [9.17, 15) is 0 Å². The third-order valence-corrected chi connectivity index (χ3v) is 3.13. The summed E-state index contributed by atoms with van der Waals surface area (Å²) in [5.41, 5.74) is 2.72. The molecule has 2 aromatic rings. The minimum atomic E-state index is 0.366. The Balaban J connectivity index is 2.29. The molecule has 16 heavy (non-hydrogen) atoms. The second-order valence-electron chi connectivity index (χ2n) is 4.66. The Morgan fingerprint density at radius 2 is 2.19 bits per heavy atom. The molecule has 0 unspecified atom stereocenters. The lowest BCUT2D eigenvalue weighted by Crippen LogP contribution is -1.90. The molecule has 0 atom stereocenters. The van der Waals surface area contributed by atoms with E-state index < -0.39 is 0 Å². The largest absolute Gasteiger partial charge is 0.441 e. The third kappa shape index (κ3) is 1.50. The van der Waals surface area contributed by atoms with Gasteiger partial charge >= 0.3 is 0 Å². The fraction of sp³-hybridized carbons (Fsp3) is 0.500. The van der Waals surface area contributed by atoms with E-state index >= 15 is 0 Å². The smallest absolute Gasteiger partial charge is 0.245 e. The van der Waals surface area contributed by atoms with Crippen LogP contribution in [0.2, 0.25) is 5.15 Å². The van der Waals surface area contributed by atoms with Crippen LogP contribution in [0.1, 0.15) is 49.8 Å². The second-order valence-corrected chi connectivity index (χ2v) is 5.04. The number of rotatable bonds is 2. The Morgan fingerprint density at radius 1 is 1.44 bits per heavy atom. The lowest BCUT2D eigenvalue weighted by Gasteiger charge is -2.02. The average molecular weight is 237 g/mol. The van der Waals surface area contributed by atoms with Crippen LogP contribution in [-0.4, -0.2) is 9.97 Å². The maximum atomic E-state index is 5.89. The zero-order valence-electron chi connectivity index (χ0n) is 9.33. The van der Waals surface area contributed by atoms with Crippen molar-refractivity contribution in [3.05, 3.63) is 22.7 Å². The maximum absolute atomic E-state index is 5.89. The molecule has 0 radical (unpaired) electrons. The van der Waals surface area contributed by atoms with Gasteiger partial charge in [-0.25, -0.2) is 9.97 Å². The molecule has 0 spiro atoms. The van der Waals surface area contributed by atoms with E-state index in [0.29, 0.717) is 22.7 Å². The third-order valence-electron chi connectivity index (χ3n) is 2.95. The summed E-state index contributed by atoms with van der Waals surface area (Å²) in [4.78, 5) is 8.54. The predicted octanol–water partition coefficient (Wildman–Crippen LogP) is 3.88. The molecule has 1 fully saturated rings. The summed E-state index contributed by atoms with van der Waals surface area (Å²) in [5.74, 6) is 2.00. The first-order valence-electron chi connectivity index (χ1n) is 5.61. The van der Waals surface area contributed by atoms with Gasteiger partial charge in [-0.1, -0.05) is 25.4 Å². The summed E-state index contributed by atoms with van der Waals surface area (Å²) < 4.78 is 5.78. The van der Waals surface area contributed by atoms with Gasteiger partial charge in [0.25, 0.3) is 0 Å². The van der Waals surface area contributed by atoms with E-state index in [1.807, 2.05) is 0 Å². The molecule has 4 heteroatoms. The highest BCUT2D eigenvalue weighted by Gasteiger charge is 2.33. The van der Waals surface area contributed by atoms with Gasteiger partial charge in [-0.2, -0.15) is 0 Å². The molecule has 3 nitrogen and oxygen atoms in total. The molecule has 0 N–H and O–H groups in total. The normalized spacial score (nSPS) is 16.2. The van der Waals surface area contributed by atoms with Crippen LogP contribution in [0.5, 0.6) is 0 Å². The summed E-state index contributed by atoms with van der Waals surface area (Å²) in [7, 11) is 0. The Morgan fingerprint density at radius 3 is 2.81 bits per heavy atom. The molecular formula is C12H13ClN2O. The van der Waals surface area contributed by atoms with Crippen molar-refractivity contribution in [3.8, 4) is 0 Å². The van der Waals surface area contributed by atoms with Gasteiger partial charge in [-0.05, 0) is 18.8 Å². The van der Waals surface area contributed by atoms with Crippen molar-refractivity contribution in [2.24, 2.45) is 0 Å². The van der Waals surface area contributed by atoms with Crippen LogP contribution in [0, 0.1) is 0 Å². The molecule has 84 valence electrons. The van der Waals surface area contributed by atoms with Crippen molar-refractivity contribution in [2.75, 3.05) is 0 Å². The molecule has 0 aliphatic heterocycles. The number of furan rings is 1. The van der Waals surface area contributed by atoms with Gasteiger partial charge in [0.05, 0.1) is 6.20 Å². The molecule has 0 bridgehead atoms. The number of halogens is 1. The first-order valence-corrected chi connectivity index (χ1v) is 5.99. The molecule has 2 heterocycles. The molecule has 0 aromatic carbocycles. The van der Waals surface area contributed by atoms with Gasteiger partial charge in [0.15, 0.2) is 0 Å². The van der Waals surface area contributed by atoms with E-state index in [0.717, 1.165) is 11.3 Å². The molecule has 0 saturated heterocycles. The molecular weight excluding hydrogens is 224 g/mol. The molecule has 1 aliphatic carbocycles. The number of hydrogen-bond donors (Lipinski definition) is 0. The van der Waals surface area contributed by atoms with Crippen LogP contribution in [0.15, 0.2) is 10.6 Å². The summed E-state index contributed by atoms with van der Waals surface area (Å²) in [5, 5.41) is 0.436. The minimum Gasteiger partial charge on any atom is -0.441 e. The van der Waals surface area contributed by atoms with Crippen molar-refractivity contribution in [3.63, 3.8) is 0 Å². The van der Waals surface area contributed by atoms with E-state index in [-0.39, 0.29) is 0 Å². The summed E-state index contributed by atoms with van der Waals surface area (Å²) >= 11 is 5.89. The van der Waals surface area contributed by atoms with Gasteiger partial charge in [0.2, 0.25) is 5.71 Å². The quantitative estimate of drug-likeness (QED) is 0.794. The minimum absolute atomic E-state index is 0.366. The Kier molecular flexibility index (Phi) is 2.18. The average Bonchev–Trinajstić information content (AvgIpc) is 2.99. The van der Waals surface area contributed by atoms with Crippen molar-refractivity contribution in [1.29, 1.82) is 0 Å². The Bertz CT molecular complexity index is 543. The molecule has 1 aliphatic rings. The van der Waals surface area contributed by atoms with Crippen molar-refractivity contribution < 1.29 is 4.42 Å². The number of hydrogen-bond acceptors (Lipinski definition) is 3.